The van der Waals surface area contributed by atoms with Crippen LogP contribution in [0.15, 0.2) is 70.1 Å². The molecule has 1 aromatic heterocycles. The van der Waals surface area contributed by atoms with Crippen molar-refractivity contribution >= 4 is 10.0 Å². The zero-order chi connectivity index (χ0) is 17.3. The van der Waals surface area contributed by atoms with Gasteiger partial charge in [0.25, 0.3) is 0 Å². The van der Waals surface area contributed by atoms with Gasteiger partial charge in [-0.25, -0.2) is 8.42 Å². The van der Waals surface area contributed by atoms with Gasteiger partial charge in [0.15, 0.2) is 0 Å². The third-order valence-corrected chi connectivity index (χ3v) is 6.01. The lowest BCUT2D eigenvalue weighted by atomic mass is 10.2. The highest BCUT2D eigenvalue weighted by Crippen LogP contribution is 2.33. The predicted molar refractivity (Wildman–Crippen MR) is 91.9 cm³/mol. The summed E-state index contributed by atoms with van der Waals surface area (Å²) in [6, 6.07) is 17.9. The van der Waals surface area contributed by atoms with Crippen molar-refractivity contribution in [3.05, 3.63) is 66.6 Å². The van der Waals surface area contributed by atoms with Crippen molar-refractivity contribution in [2.24, 2.45) is 0 Å². The third kappa shape index (κ3) is 3.33. The molecule has 128 valence electrons. The topological polar surface area (TPSA) is 76.3 Å². The van der Waals surface area contributed by atoms with E-state index in [1.807, 2.05) is 30.3 Å². The van der Waals surface area contributed by atoms with Gasteiger partial charge in [0.05, 0.1) is 11.4 Å². The summed E-state index contributed by atoms with van der Waals surface area (Å²) in [6.07, 6.45) is 1.71. The first-order chi connectivity index (χ1) is 12.1. The standard InChI is InChI=1S/C18H17N3O3S/c22-25(23,16-9-5-2-6-10-16)21(15-11-12-15)13-17-19-18(20-24-17)14-7-3-1-4-8-14/h1-10,15H,11-13H2. The maximum absolute atomic E-state index is 12.9. The first-order valence-corrected chi connectivity index (χ1v) is 9.53. The lowest BCUT2D eigenvalue weighted by Crippen LogP contribution is -2.32. The molecule has 3 aromatic rings. The van der Waals surface area contributed by atoms with E-state index in [4.69, 9.17) is 4.52 Å². The van der Waals surface area contributed by atoms with Gasteiger partial charge in [0, 0.05) is 11.6 Å². The number of nitrogens with zero attached hydrogens (tertiary/aromatic N) is 3. The maximum Gasteiger partial charge on any atom is 0.243 e. The summed E-state index contributed by atoms with van der Waals surface area (Å²) >= 11 is 0. The molecule has 1 heterocycles. The monoisotopic (exact) mass is 355 g/mol. The van der Waals surface area contributed by atoms with Crippen LogP contribution in [0.1, 0.15) is 18.7 Å². The van der Waals surface area contributed by atoms with E-state index < -0.39 is 10.0 Å². The quantitative estimate of drug-likeness (QED) is 0.679. The van der Waals surface area contributed by atoms with Crippen molar-refractivity contribution in [3.8, 4) is 11.4 Å². The molecule has 0 unspecified atom stereocenters. The number of rotatable bonds is 6. The molecule has 0 radical (unpaired) electrons. The van der Waals surface area contributed by atoms with Gasteiger partial charge in [0.2, 0.25) is 21.7 Å². The van der Waals surface area contributed by atoms with Gasteiger partial charge in [-0.2, -0.15) is 9.29 Å². The number of hydrogen-bond acceptors (Lipinski definition) is 5. The van der Waals surface area contributed by atoms with E-state index in [1.165, 1.54) is 4.31 Å². The summed E-state index contributed by atoms with van der Waals surface area (Å²) in [7, 11) is -3.59. The Morgan fingerprint density at radius 2 is 1.64 bits per heavy atom. The van der Waals surface area contributed by atoms with Crippen molar-refractivity contribution in [3.63, 3.8) is 0 Å². The van der Waals surface area contributed by atoms with Crippen molar-refractivity contribution in [2.75, 3.05) is 0 Å². The number of sulfonamides is 1. The molecular weight excluding hydrogens is 338 g/mol. The van der Waals surface area contributed by atoms with Crippen LogP contribution in [0.25, 0.3) is 11.4 Å². The van der Waals surface area contributed by atoms with Crippen LogP contribution >= 0.6 is 0 Å². The highest BCUT2D eigenvalue weighted by atomic mass is 32.2. The van der Waals surface area contributed by atoms with Crippen molar-refractivity contribution in [2.45, 2.75) is 30.3 Å². The molecule has 1 aliphatic rings. The summed E-state index contributed by atoms with van der Waals surface area (Å²) in [6.45, 7) is 0.0850. The molecular formula is C18H17N3O3S. The first kappa shape index (κ1) is 16.0. The zero-order valence-electron chi connectivity index (χ0n) is 13.4. The Bertz CT molecular complexity index is 952. The Kier molecular flexibility index (Phi) is 4.10. The number of benzene rings is 2. The fourth-order valence-corrected chi connectivity index (χ4v) is 4.31. The van der Waals surface area contributed by atoms with Crippen LogP contribution in [0.4, 0.5) is 0 Å². The normalized spacial score (nSPS) is 14.8. The molecule has 1 fully saturated rings. The fourth-order valence-electron chi connectivity index (χ4n) is 2.66. The van der Waals surface area contributed by atoms with E-state index in [0.717, 1.165) is 18.4 Å². The second-order valence-corrected chi connectivity index (χ2v) is 7.86. The Balaban J connectivity index is 1.61. The van der Waals surface area contributed by atoms with Crippen LogP contribution in [0.2, 0.25) is 0 Å². The molecule has 0 aliphatic heterocycles. The van der Waals surface area contributed by atoms with E-state index in [9.17, 15) is 8.42 Å². The van der Waals surface area contributed by atoms with Crippen LogP contribution in [0, 0.1) is 0 Å². The van der Waals surface area contributed by atoms with Gasteiger partial charge in [-0.3, -0.25) is 0 Å². The average molecular weight is 355 g/mol. The maximum atomic E-state index is 12.9. The van der Waals surface area contributed by atoms with Gasteiger partial charge in [0.1, 0.15) is 0 Å². The Morgan fingerprint density at radius 3 is 2.28 bits per heavy atom. The summed E-state index contributed by atoms with van der Waals surface area (Å²) in [5.74, 6) is 0.758. The minimum atomic E-state index is -3.59. The van der Waals surface area contributed by atoms with Gasteiger partial charge >= 0.3 is 0 Å². The summed E-state index contributed by atoms with van der Waals surface area (Å²) in [4.78, 5) is 4.64. The van der Waals surface area contributed by atoms with Gasteiger partial charge < -0.3 is 4.52 Å². The van der Waals surface area contributed by atoms with Crippen LogP contribution < -0.4 is 0 Å². The summed E-state index contributed by atoms with van der Waals surface area (Å²) < 4.78 is 32.6. The number of aromatic nitrogens is 2. The smallest absolute Gasteiger partial charge is 0.243 e. The lowest BCUT2D eigenvalue weighted by molar-refractivity contribution is 0.311. The van der Waals surface area contributed by atoms with Crippen molar-refractivity contribution < 1.29 is 12.9 Å². The van der Waals surface area contributed by atoms with E-state index in [-0.39, 0.29) is 17.5 Å². The summed E-state index contributed by atoms with van der Waals surface area (Å²) in [5, 5.41) is 3.97. The molecule has 6 nitrogen and oxygen atoms in total. The van der Waals surface area contributed by atoms with Crippen molar-refractivity contribution in [1.29, 1.82) is 0 Å². The second-order valence-electron chi connectivity index (χ2n) is 5.97. The molecule has 1 saturated carbocycles. The average Bonchev–Trinajstić information content (AvgIpc) is 3.38. The third-order valence-electron chi connectivity index (χ3n) is 4.10. The minimum Gasteiger partial charge on any atom is -0.338 e. The second kappa shape index (κ2) is 6.42. The Morgan fingerprint density at radius 1 is 1.00 bits per heavy atom. The highest BCUT2D eigenvalue weighted by molar-refractivity contribution is 7.89. The molecule has 0 spiro atoms. The van der Waals surface area contributed by atoms with Crippen LogP contribution in [-0.2, 0) is 16.6 Å². The molecule has 0 bridgehead atoms. The number of hydrogen-bond donors (Lipinski definition) is 0. The minimum absolute atomic E-state index is 0.00252. The van der Waals surface area contributed by atoms with Gasteiger partial charge in [-0.05, 0) is 25.0 Å². The molecule has 4 rings (SSSR count). The van der Waals surface area contributed by atoms with Gasteiger partial charge in [-0.15, -0.1) is 0 Å². The fraction of sp³-hybridized carbons (Fsp3) is 0.222. The van der Waals surface area contributed by atoms with Crippen molar-refractivity contribution in [1.82, 2.24) is 14.4 Å². The molecule has 1 aliphatic carbocycles. The molecule has 0 atom stereocenters. The summed E-state index contributed by atoms with van der Waals surface area (Å²) in [5.41, 5.74) is 0.835. The molecule has 7 heteroatoms. The highest BCUT2D eigenvalue weighted by Gasteiger charge is 2.39. The SMILES string of the molecule is O=S(=O)(c1ccccc1)N(Cc1nc(-c2ccccc2)no1)C1CC1. The zero-order valence-corrected chi connectivity index (χ0v) is 14.3. The van der Waals surface area contributed by atoms with Crippen LogP contribution in [-0.4, -0.2) is 28.9 Å². The predicted octanol–water partition coefficient (Wildman–Crippen LogP) is 3.09. The van der Waals surface area contributed by atoms with Crippen LogP contribution in [0.3, 0.4) is 0 Å². The van der Waals surface area contributed by atoms with E-state index in [2.05, 4.69) is 10.1 Å². The Hall–Kier alpha value is -2.51. The van der Waals surface area contributed by atoms with E-state index in [1.54, 1.807) is 30.3 Å². The Labute approximate surface area is 146 Å². The molecule has 0 N–H and O–H groups in total. The van der Waals surface area contributed by atoms with Crippen LogP contribution in [0.5, 0.6) is 0 Å². The largest absolute Gasteiger partial charge is 0.338 e. The van der Waals surface area contributed by atoms with E-state index >= 15 is 0 Å². The lowest BCUT2D eigenvalue weighted by Gasteiger charge is -2.19. The molecule has 0 amide bonds. The molecule has 2 aromatic carbocycles. The molecule has 0 saturated heterocycles. The first-order valence-electron chi connectivity index (χ1n) is 8.09. The van der Waals surface area contributed by atoms with Gasteiger partial charge in [-0.1, -0.05) is 53.7 Å². The molecule has 25 heavy (non-hydrogen) atoms. The van der Waals surface area contributed by atoms with E-state index in [0.29, 0.717) is 11.7 Å².